The molecule has 0 saturated carbocycles. The fourth-order valence-electron chi connectivity index (χ4n) is 5.08. The van der Waals surface area contributed by atoms with Gasteiger partial charge in [-0.1, -0.05) is 131 Å². The number of esters is 2. The van der Waals surface area contributed by atoms with E-state index in [1.165, 1.54) is 38.5 Å². The Kier molecular flexibility index (Phi) is 35.9. The molecule has 1 N–H and O–H groups in total. The van der Waals surface area contributed by atoms with E-state index in [1.807, 2.05) is 21.1 Å². The van der Waals surface area contributed by atoms with Crippen LogP contribution in [0.15, 0.2) is 85.1 Å². The van der Waals surface area contributed by atoms with E-state index in [2.05, 4.69) is 98.9 Å². The van der Waals surface area contributed by atoms with E-state index in [1.54, 1.807) is 0 Å². The number of ether oxygens (including phenoxy) is 2. The smallest absolute Gasteiger partial charge is 0.462 e. The van der Waals surface area contributed by atoms with E-state index in [4.69, 9.17) is 18.5 Å². The van der Waals surface area contributed by atoms with Crippen LogP contribution in [0.5, 0.6) is 0 Å². The molecule has 0 aromatic heterocycles. The number of likely N-dealkylation sites (N-methyl/N-ethyl adjacent to an activating group) is 1. The molecule has 0 heterocycles. The highest BCUT2D eigenvalue weighted by Crippen LogP contribution is 2.43. The highest BCUT2D eigenvalue weighted by molar-refractivity contribution is 7.47. The number of carbonyl (C=O) groups is 2. The largest absolute Gasteiger partial charge is 0.472 e. The Balaban J connectivity index is 4.55. The molecule has 0 bridgehead atoms. The minimum absolute atomic E-state index is 0.0113. The molecule has 56 heavy (non-hydrogen) atoms. The fourth-order valence-corrected chi connectivity index (χ4v) is 5.82. The molecule has 320 valence electrons. The molecule has 0 spiro atoms. The van der Waals surface area contributed by atoms with Crippen LogP contribution in [0.1, 0.15) is 142 Å². The number of phosphoric acid groups is 1. The van der Waals surface area contributed by atoms with Crippen molar-refractivity contribution in [3.8, 4) is 0 Å². The van der Waals surface area contributed by atoms with Crippen LogP contribution in [-0.4, -0.2) is 74.9 Å². The van der Waals surface area contributed by atoms with Gasteiger partial charge in [-0.25, -0.2) is 4.57 Å². The Bertz CT molecular complexity index is 1230. The van der Waals surface area contributed by atoms with E-state index < -0.39 is 32.5 Å². The highest BCUT2D eigenvalue weighted by atomic mass is 31.2. The van der Waals surface area contributed by atoms with Crippen molar-refractivity contribution in [2.45, 2.75) is 148 Å². The third kappa shape index (κ3) is 40.8. The van der Waals surface area contributed by atoms with Crippen molar-refractivity contribution >= 4 is 19.8 Å². The van der Waals surface area contributed by atoms with Gasteiger partial charge in [0.25, 0.3) is 0 Å². The molecular weight excluding hydrogens is 725 g/mol. The van der Waals surface area contributed by atoms with Crippen molar-refractivity contribution < 1.29 is 42.1 Å². The molecule has 9 nitrogen and oxygen atoms in total. The van der Waals surface area contributed by atoms with E-state index in [-0.39, 0.29) is 26.1 Å². The van der Waals surface area contributed by atoms with E-state index in [0.29, 0.717) is 23.9 Å². The van der Waals surface area contributed by atoms with Gasteiger partial charge in [-0.15, -0.1) is 0 Å². The second-order valence-corrected chi connectivity index (χ2v) is 16.4. The number of unbranched alkanes of at least 4 members (excludes halogenated alkanes) is 9. The van der Waals surface area contributed by atoms with Gasteiger partial charge in [-0.2, -0.15) is 0 Å². The Morgan fingerprint density at radius 3 is 1.57 bits per heavy atom. The molecule has 0 radical (unpaired) electrons. The first-order valence-corrected chi connectivity index (χ1v) is 22.8. The lowest BCUT2D eigenvalue weighted by Crippen LogP contribution is -2.37. The summed E-state index contributed by atoms with van der Waals surface area (Å²) in [5.41, 5.74) is 0. The summed E-state index contributed by atoms with van der Waals surface area (Å²) in [5.74, 6) is -0.918. The molecule has 0 aliphatic heterocycles. The number of carbonyl (C=O) groups excluding carboxylic acids is 2. The standard InChI is InChI=1S/C46H78NO8P/c1-6-8-10-12-14-16-18-20-22-23-25-26-28-30-32-34-36-38-45(48)52-42-44(43-54-56(50,51)53-41-40-47(3,4)5)55-46(49)39-37-35-33-31-29-27-24-21-19-17-15-13-11-9-7-2/h9,11,15,17,20-22,24-26,29-32,44H,6-8,10,12-14,16,18-19,23,27-28,33-43H2,1-5H3/p+1/b11-9-,17-15-,22-20-,24-21-,26-25-,31-29-,32-30-/t44-/m1/s1. The Labute approximate surface area is 341 Å². The number of hydrogen-bond acceptors (Lipinski definition) is 7. The van der Waals surface area contributed by atoms with Gasteiger partial charge in [-0.3, -0.25) is 18.6 Å². The SMILES string of the molecule is CC/C=C\C/C=C\C/C=C\C/C=C\CCCCC(=O)O[C@H](COC(=O)CCC/C=C\C/C=C\C/C=C\CCCCCCCC)COP(=O)(O)OCC[N+](C)(C)C. The normalized spacial score (nSPS) is 14.5. The number of hydrogen-bond donors (Lipinski definition) is 1. The van der Waals surface area contributed by atoms with Crippen LogP contribution in [0, 0.1) is 0 Å². The van der Waals surface area contributed by atoms with Crippen LogP contribution in [0.25, 0.3) is 0 Å². The molecule has 2 atom stereocenters. The highest BCUT2D eigenvalue weighted by Gasteiger charge is 2.27. The monoisotopic (exact) mass is 805 g/mol. The minimum atomic E-state index is -4.40. The summed E-state index contributed by atoms with van der Waals surface area (Å²) in [6.45, 7) is 4.16. The predicted molar refractivity (Wildman–Crippen MR) is 233 cm³/mol. The molecule has 0 amide bonds. The molecule has 0 fully saturated rings. The number of phosphoric ester groups is 1. The molecule has 0 rings (SSSR count). The van der Waals surface area contributed by atoms with Gasteiger partial charge < -0.3 is 18.9 Å². The van der Waals surface area contributed by atoms with Gasteiger partial charge in [0, 0.05) is 12.8 Å². The van der Waals surface area contributed by atoms with Gasteiger partial charge in [0.2, 0.25) is 0 Å². The van der Waals surface area contributed by atoms with E-state index >= 15 is 0 Å². The topological polar surface area (TPSA) is 108 Å². The van der Waals surface area contributed by atoms with Gasteiger partial charge in [0.15, 0.2) is 6.10 Å². The maximum Gasteiger partial charge on any atom is 0.472 e. The number of rotatable bonds is 37. The zero-order valence-electron chi connectivity index (χ0n) is 35.8. The quantitative estimate of drug-likeness (QED) is 0.0217. The average Bonchev–Trinajstić information content (AvgIpc) is 3.15. The summed E-state index contributed by atoms with van der Waals surface area (Å²) in [4.78, 5) is 35.3. The lowest BCUT2D eigenvalue weighted by molar-refractivity contribution is -0.870. The third-order valence-electron chi connectivity index (χ3n) is 8.41. The first kappa shape index (κ1) is 53.2. The number of allylic oxidation sites excluding steroid dienone is 14. The van der Waals surface area contributed by atoms with Gasteiger partial charge >= 0.3 is 19.8 Å². The second kappa shape index (κ2) is 37.7. The summed E-state index contributed by atoms with van der Waals surface area (Å²) in [7, 11) is 1.41. The zero-order valence-corrected chi connectivity index (χ0v) is 36.7. The maximum absolute atomic E-state index is 12.6. The van der Waals surface area contributed by atoms with Crippen LogP contribution in [-0.2, 0) is 32.7 Å². The van der Waals surface area contributed by atoms with E-state index in [0.717, 1.165) is 64.2 Å². The van der Waals surface area contributed by atoms with Crippen LogP contribution in [0.3, 0.4) is 0 Å². The molecule has 0 aromatic carbocycles. The molecule has 0 aromatic rings. The van der Waals surface area contributed by atoms with Crippen molar-refractivity contribution in [1.82, 2.24) is 0 Å². The lowest BCUT2D eigenvalue weighted by Gasteiger charge is -2.24. The maximum atomic E-state index is 12.6. The Morgan fingerprint density at radius 2 is 1.04 bits per heavy atom. The Hall–Kier alpha value is -2.81. The molecule has 0 aliphatic carbocycles. The van der Waals surface area contributed by atoms with Crippen molar-refractivity contribution in [3.05, 3.63) is 85.1 Å². The molecule has 1 unspecified atom stereocenters. The summed E-state index contributed by atoms with van der Waals surface area (Å²) < 4.78 is 34.1. The molecule has 0 aliphatic rings. The number of quaternary nitrogens is 1. The van der Waals surface area contributed by atoms with Gasteiger partial charge in [0.05, 0.1) is 27.7 Å². The first-order valence-electron chi connectivity index (χ1n) is 21.3. The predicted octanol–water partition coefficient (Wildman–Crippen LogP) is 12.0. The summed E-state index contributed by atoms with van der Waals surface area (Å²) in [6, 6.07) is 0. The third-order valence-corrected chi connectivity index (χ3v) is 9.39. The van der Waals surface area contributed by atoms with Crippen molar-refractivity contribution in [2.75, 3.05) is 47.5 Å². The summed E-state index contributed by atoms with van der Waals surface area (Å²) >= 11 is 0. The minimum Gasteiger partial charge on any atom is -0.462 e. The molecular formula is C46H79NO8P+. The van der Waals surface area contributed by atoms with Crippen LogP contribution in [0.2, 0.25) is 0 Å². The molecule has 0 saturated heterocycles. The summed E-state index contributed by atoms with van der Waals surface area (Å²) in [5, 5.41) is 0. The number of nitrogens with zero attached hydrogens (tertiary/aromatic N) is 1. The van der Waals surface area contributed by atoms with Gasteiger partial charge in [-0.05, 0) is 83.5 Å². The molecule has 10 heteroatoms. The van der Waals surface area contributed by atoms with Crippen LogP contribution in [0.4, 0.5) is 0 Å². The van der Waals surface area contributed by atoms with Crippen molar-refractivity contribution in [1.29, 1.82) is 0 Å². The van der Waals surface area contributed by atoms with Crippen LogP contribution < -0.4 is 0 Å². The summed E-state index contributed by atoms with van der Waals surface area (Å²) in [6.07, 6.45) is 47.9. The average molecular weight is 805 g/mol. The van der Waals surface area contributed by atoms with Crippen LogP contribution >= 0.6 is 7.82 Å². The van der Waals surface area contributed by atoms with E-state index in [9.17, 15) is 19.0 Å². The fraction of sp³-hybridized carbons (Fsp3) is 0.652. The first-order chi connectivity index (χ1) is 27.0. The van der Waals surface area contributed by atoms with Crippen molar-refractivity contribution in [3.63, 3.8) is 0 Å². The second-order valence-electron chi connectivity index (χ2n) is 15.0. The van der Waals surface area contributed by atoms with Gasteiger partial charge in [0.1, 0.15) is 19.8 Å². The zero-order chi connectivity index (χ0) is 41.4. The Morgan fingerprint density at radius 1 is 0.571 bits per heavy atom. The van der Waals surface area contributed by atoms with Crippen molar-refractivity contribution in [2.24, 2.45) is 0 Å². The lowest BCUT2D eigenvalue weighted by atomic mass is 10.1.